The maximum absolute atomic E-state index is 13.0. The summed E-state index contributed by atoms with van der Waals surface area (Å²) < 4.78 is 0. The van der Waals surface area contributed by atoms with Crippen molar-refractivity contribution in [3.05, 3.63) is 77.4 Å². The number of carbonyl (C=O) groups excluding carboxylic acids is 1. The van der Waals surface area contributed by atoms with Gasteiger partial charge in [0.25, 0.3) is 0 Å². The van der Waals surface area contributed by atoms with Crippen LogP contribution in [0, 0.1) is 0 Å². The summed E-state index contributed by atoms with van der Waals surface area (Å²) in [6, 6.07) is 21.3. The van der Waals surface area contributed by atoms with E-state index in [4.69, 9.17) is 0 Å². The lowest BCUT2D eigenvalue weighted by Crippen LogP contribution is -2.27. The van der Waals surface area contributed by atoms with E-state index < -0.39 is 0 Å². The van der Waals surface area contributed by atoms with Crippen molar-refractivity contribution in [2.75, 3.05) is 24.3 Å². The third-order valence-corrected chi connectivity index (χ3v) is 6.02. The normalized spacial score (nSPS) is 18.5. The van der Waals surface area contributed by atoms with E-state index in [9.17, 15) is 4.79 Å². The third-order valence-electron chi connectivity index (χ3n) is 6.02. The standard InChI is InChI=1S/C25H24N2O/c1-27(2)18-13-10-17(11-14-18)25-24-20(8-5-9-22(24)28)23-19-7-4-3-6-16(19)12-15-21(23)26-25/h3-4,6-7,10-15,25-26H,5,8-9H2,1-2H3/t25-/m1/s1. The Morgan fingerprint density at radius 2 is 1.71 bits per heavy atom. The summed E-state index contributed by atoms with van der Waals surface area (Å²) in [5.74, 6) is 0.286. The first-order chi connectivity index (χ1) is 13.6. The number of carbonyl (C=O) groups is 1. The van der Waals surface area contributed by atoms with Gasteiger partial charge < -0.3 is 10.2 Å². The molecular weight excluding hydrogens is 344 g/mol. The highest BCUT2D eigenvalue weighted by Gasteiger charge is 2.34. The molecule has 0 unspecified atom stereocenters. The number of nitrogens with one attached hydrogen (secondary N) is 1. The van der Waals surface area contributed by atoms with E-state index in [-0.39, 0.29) is 11.8 Å². The number of allylic oxidation sites excluding steroid dienone is 1. The topological polar surface area (TPSA) is 32.3 Å². The minimum Gasteiger partial charge on any atom is -0.378 e. The monoisotopic (exact) mass is 368 g/mol. The van der Waals surface area contributed by atoms with E-state index in [0.717, 1.165) is 35.4 Å². The molecule has 0 saturated heterocycles. The summed E-state index contributed by atoms with van der Waals surface area (Å²) in [5.41, 5.74) is 6.87. The minimum atomic E-state index is -0.0762. The molecule has 0 saturated carbocycles. The van der Waals surface area contributed by atoms with Gasteiger partial charge in [-0.25, -0.2) is 0 Å². The summed E-state index contributed by atoms with van der Waals surface area (Å²) in [6.07, 6.45) is 2.55. The maximum Gasteiger partial charge on any atom is 0.161 e. The van der Waals surface area contributed by atoms with Crippen molar-refractivity contribution in [3.8, 4) is 0 Å². The van der Waals surface area contributed by atoms with E-state index in [1.54, 1.807) is 0 Å². The van der Waals surface area contributed by atoms with Crippen molar-refractivity contribution >= 4 is 33.5 Å². The summed E-state index contributed by atoms with van der Waals surface area (Å²) in [4.78, 5) is 15.1. The number of Topliss-reactive ketones (excluding diaryl/α,β-unsaturated/α-hetero) is 1. The van der Waals surface area contributed by atoms with Gasteiger partial charge in [0.1, 0.15) is 0 Å². The molecule has 1 N–H and O–H groups in total. The predicted molar refractivity (Wildman–Crippen MR) is 117 cm³/mol. The molecule has 0 spiro atoms. The lowest BCUT2D eigenvalue weighted by Gasteiger charge is -2.35. The molecule has 0 radical (unpaired) electrons. The van der Waals surface area contributed by atoms with Gasteiger partial charge in [-0.15, -0.1) is 0 Å². The van der Waals surface area contributed by atoms with Gasteiger partial charge in [-0.05, 0) is 52.9 Å². The second-order valence-corrected chi connectivity index (χ2v) is 7.94. The Balaban J connectivity index is 1.71. The molecule has 1 heterocycles. The highest BCUT2D eigenvalue weighted by molar-refractivity contribution is 6.12. The molecule has 3 nitrogen and oxygen atoms in total. The van der Waals surface area contributed by atoms with E-state index in [1.165, 1.54) is 21.9 Å². The van der Waals surface area contributed by atoms with Gasteiger partial charge >= 0.3 is 0 Å². The summed E-state index contributed by atoms with van der Waals surface area (Å²) >= 11 is 0. The van der Waals surface area contributed by atoms with Crippen molar-refractivity contribution in [2.24, 2.45) is 0 Å². The molecule has 3 aromatic rings. The molecule has 0 fully saturated rings. The highest BCUT2D eigenvalue weighted by atomic mass is 16.1. The van der Waals surface area contributed by atoms with Crippen LogP contribution in [0.4, 0.5) is 11.4 Å². The van der Waals surface area contributed by atoms with Crippen molar-refractivity contribution < 1.29 is 4.79 Å². The molecule has 1 aliphatic heterocycles. The zero-order chi connectivity index (χ0) is 19.3. The number of benzene rings is 3. The van der Waals surface area contributed by atoms with E-state index in [0.29, 0.717) is 6.42 Å². The van der Waals surface area contributed by atoms with Crippen molar-refractivity contribution in [2.45, 2.75) is 25.3 Å². The molecule has 5 rings (SSSR count). The van der Waals surface area contributed by atoms with Crippen LogP contribution in [-0.4, -0.2) is 19.9 Å². The average molecular weight is 368 g/mol. The van der Waals surface area contributed by atoms with Crippen LogP contribution in [0.1, 0.15) is 36.4 Å². The lowest BCUT2D eigenvalue weighted by molar-refractivity contribution is -0.116. The first kappa shape index (κ1) is 17.1. The highest BCUT2D eigenvalue weighted by Crippen LogP contribution is 2.47. The zero-order valence-electron chi connectivity index (χ0n) is 16.3. The molecule has 1 atom stereocenters. The first-order valence-corrected chi connectivity index (χ1v) is 9.95. The van der Waals surface area contributed by atoms with Crippen LogP contribution in [0.5, 0.6) is 0 Å². The molecule has 28 heavy (non-hydrogen) atoms. The molecule has 0 amide bonds. The van der Waals surface area contributed by atoms with E-state index in [2.05, 4.69) is 70.9 Å². The van der Waals surface area contributed by atoms with Gasteiger partial charge in [-0.1, -0.05) is 42.5 Å². The molecule has 3 heteroatoms. The Morgan fingerprint density at radius 3 is 2.50 bits per heavy atom. The number of nitrogens with zero attached hydrogens (tertiary/aromatic N) is 1. The van der Waals surface area contributed by atoms with Gasteiger partial charge in [-0.3, -0.25) is 4.79 Å². The number of ketones is 1. The molecule has 140 valence electrons. The fourth-order valence-electron chi connectivity index (χ4n) is 4.62. The first-order valence-electron chi connectivity index (χ1n) is 9.95. The fourth-order valence-corrected chi connectivity index (χ4v) is 4.62. The van der Waals surface area contributed by atoms with Crippen LogP contribution in [0.3, 0.4) is 0 Å². The number of hydrogen-bond acceptors (Lipinski definition) is 3. The summed E-state index contributed by atoms with van der Waals surface area (Å²) in [5, 5.41) is 6.15. The Hall–Kier alpha value is -3.07. The minimum absolute atomic E-state index is 0.0762. The average Bonchev–Trinajstić information content (AvgIpc) is 2.73. The SMILES string of the molecule is CN(C)c1ccc([C@H]2Nc3ccc4ccccc4c3C3=C2C(=O)CCC3)cc1. The van der Waals surface area contributed by atoms with E-state index >= 15 is 0 Å². The number of anilines is 2. The Labute approximate surface area is 165 Å². The lowest BCUT2D eigenvalue weighted by atomic mass is 9.77. The second-order valence-electron chi connectivity index (χ2n) is 7.94. The van der Waals surface area contributed by atoms with Crippen LogP contribution in [0.15, 0.2) is 66.2 Å². The van der Waals surface area contributed by atoms with Crippen molar-refractivity contribution in [3.63, 3.8) is 0 Å². The van der Waals surface area contributed by atoms with Crippen molar-refractivity contribution in [1.82, 2.24) is 0 Å². The fraction of sp³-hybridized carbons (Fsp3) is 0.240. The predicted octanol–water partition coefficient (Wildman–Crippen LogP) is 5.58. The van der Waals surface area contributed by atoms with Crippen molar-refractivity contribution in [1.29, 1.82) is 0 Å². The largest absolute Gasteiger partial charge is 0.378 e. The van der Waals surface area contributed by atoms with Gasteiger partial charge in [0.2, 0.25) is 0 Å². The Bertz CT molecular complexity index is 1110. The second kappa shape index (κ2) is 6.52. The molecule has 2 aliphatic rings. The zero-order valence-corrected chi connectivity index (χ0v) is 16.3. The quantitative estimate of drug-likeness (QED) is 0.641. The number of hydrogen-bond donors (Lipinski definition) is 1. The van der Waals surface area contributed by atoms with Gasteiger partial charge in [-0.2, -0.15) is 0 Å². The van der Waals surface area contributed by atoms with Crippen LogP contribution in [0.25, 0.3) is 16.3 Å². The summed E-state index contributed by atoms with van der Waals surface area (Å²) in [6.45, 7) is 0. The Kier molecular flexibility index (Phi) is 3.97. The van der Waals surface area contributed by atoms with Crippen LogP contribution in [-0.2, 0) is 4.79 Å². The molecular formula is C25H24N2O. The van der Waals surface area contributed by atoms with E-state index in [1.807, 2.05) is 14.1 Å². The van der Waals surface area contributed by atoms with Gasteiger partial charge in [0, 0.05) is 43.0 Å². The van der Waals surface area contributed by atoms with Gasteiger partial charge in [0.15, 0.2) is 5.78 Å². The molecule has 0 bridgehead atoms. The number of rotatable bonds is 2. The van der Waals surface area contributed by atoms with Crippen LogP contribution in [0.2, 0.25) is 0 Å². The molecule has 3 aromatic carbocycles. The van der Waals surface area contributed by atoms with Crippen LogP contribution < -0.4 is 10.2 Å². The maximum atomic E-state index is 13.0. The summed E-state index contributed by atoms with van der Waals surface area (Å²) in [7, 11) is 4.08. The number of fused-ring (bicyclic) bond motifs is 4. The van der Waals surface area contributed by atoms with Gasteiger partial charge in [0.05, 0.1) is 6.04 Å². The molecule has 0 aromatic heterocycles. The molecule has 1 aliphatic carbocycles. The van der Waals surface area contributed by atoms with Crippen LogP contribution >= 0.6 is 0 Å². The smallest absolute Gasteiger partial charge is 0.161 e. The Morgan fingerprint density at radius 1 is 0.929 bits per heavy atom. The third kappa shape index (κ3) is 2.62.